The second-order valence-corrected chi connectivity index (χ2v) is 9.57. The van der Waals surface area contributed by atoms with Crippen molar-refractivity contribution in [3.05, 3.63) is 87.5 Å². The van der Waals surface area contributed by atoms with Gasteiger partial charge in [0.1, 0.15) is 5.75 Å². The van der Waals surface area contributed by atoms with Crippen LogP contribution in [0.15, 0.2) is 72.8 Å². The Morgan fingerprint density at radius 3 is 1.89 bits per heavy atom. The van der Waals surface area contributed by atoms with Crippen molar-refractivity contribution in [3.8, 4) is 16.9 Å². The number of carbonyl (C=O) groups is 1. The van der Waals surface area contributed by atoms with E-state index in [9.17, 15) is 13.2 Å². The molecule has 0 amide bonds. The summed E-state index contributed by atoms with van der Waals surface area (Å²) in [5.74, 6) is -0.0834. The van der Waals surface area contributed by atoms with Crippen molar-refractivity contribution < 1.29 is 17.9 Å². The normalized spacial score (nSPS) is 11.2. The molecule has 0 radical (unpaired) electrons. The Morgan fingerprint density at radius 1 is 0.852 bits per heavy atom. The maximum atomic E-state index is 12.3. The summed E-state index contributed by atoms with van der Waals surface area (Å²) in [4.78, 5) is 12.3. The predicted molar refractivity (Wildman–Crippen MR) is 115 cm³/mol. The van der Waals surface area contributed by atoms with Crippen molar-refractivity contribution in [1.82, 2.24) is 0 Å². The average Bonchev–Trinajstić information content (AvgIpc) is 2.62. The molecule has 0 aliphatic rings. The van der Waals surface area contributed by atoms with Crippen molar-refractivity contribution in [2.24, 2.45) is 0 Å². The highest BCUT2D eigenvalue weighted by atomic mass is 127. The molecule has 0 aliphatic carbocycles. The van der Waals surface area contributed by atoms with E-state index in [1.165, 1.54) is 9.83 Å². The highest BCUT2D eigenvalue weighted by molar-refractivity contribution is 14.1. The van der Waals surface area contributed by atoms with Gasteiger partial charge >= 0.3 is 5.97 Å². The maximum Gasteiger partial charge on any atom is 0.343 e. The zero-order valence-electron chi connectivity index (χ0n) is 14.6. The molecule has 0 unspecified atom stereocenters. The monoisotopic (exact) mass is 492 g/mol. The van der Waals surface area contributed by atoms with Gasteiger partial charge in [-0.05, 0) is 75.7 Å². The van der Waals surface area contributed by atoms with Gasteiger partial charge in [0.25, 0.3) is 0 Å². The lowest BCUT2D eigenvalue weighted by molar-refractivity contribution is 0.0735. The first-order valence-corrected chi connectivity index (χ1v) is 11.3. The van der Waals surface area contributed by atoms with E-state index in [4.69, 9.17) is 4.74 Å². The third-order valence-corrected chi connectivity index (χ3v) is 5.44. The number of hydrogen-bond donors (Lipinski definition) is 0. The summed E-state index contributed by atoms with van der Waals surface area (Å²) in [7, 11) is -3.10. The van der Waals surface area contributed by atoms with Crippen molar-refractivity contribution in [3.63, 3.8) is 0 Å². The van der Waals surface area contributed by atoms with Crippen LogP contribution in [0.4, 0.5) is 0 Å². The second-order valence-electron chi connectivity index (χ2n) is 6.19. The molecular weight excluding hydrogens is 475 g/mol. The van der Waals surface area contributed by atoms with Crippen LogP contribution in [0.25, 0.3) is 11.1 Å². The third kappa shape index (κ3) is 5.64. The molecule has 0 aromatic heterocycles. The van der Waals surface area contributed by atoms with Crippen LogP contribution in [-0.4, -0.2) is 20.6 Å². The van der Waals surface area contributed by atoms with Gasteiger partial charge in [0.2, 0.25) is 0 Å². The molecule has 6 heteroatoms. The van der Waals surface area contributed by atoms with Crippen LogP contribution in [0.2, 0.25) is 0 Å². The Labute approximate surface area is 172 Å². The van der Waals surface area contributed by atoms with E-state index >= 15 is 0 Å². The van der Waals surface area contributed by atoms with Crippen molar-refractivity contribution in [2.75, 3.05) is 6.26 Å². The first-order chi connectivity index (χ1) is 12.8. The fraction of sp³-hybridized carbons (Fsp3) is 0.0952. The molecule has 0 heterocycles. The summed E-state index contributed by atoms with van der Waals surface area (Å²) in [6, 6.07) is 21.9. The first kappa shape index (κ1) is 19.6. The third-order valence-electron chi connectivity index (χ3n) is 3.86. The van der Waals surface area contributed by atoms with Gasteiger partial charge in [0, 0.05) is 9.83 Å². The van der Waals surface area contributed by atoms with E-state index in [2.05, 4.69) is 22.6 Å². The van der Waals surface area contributed by atoms with Gasteiger partial charge in [0.05, 0.1) is 11.3 Å². The molecule has 0 bridgehead atoms. The molecule has 0 atom stereocenters. The van der Waals surface area contributed by atoms with Crippen molar-refractivity contribution >= 4 is 38.4 Å². The van der Waals surface area contributed by atoms with Crippen LogP contribution in [0, 0.1) is 3.57 Å². The lowest BCUT2D eigenvalue weighted by Gasteiger charge is -2.07. The molecule has 0 fully saturated rings. The number of rotatable bonds is 5. The van der Waals surface area contributed by atoms with E-state index < -0.39 is 15.8 Å². The number of sulfone groups is 1. The summed E-state index contributed by atoms with van der Waals surface area (Å²) in [5, 5.41) is 0. The number of benzene rings is 3. The Kier molecular flexibility index (Phi) is 5.96. The van der Waals surface area contributed by atoms with Gasteiger partial charge in [0.15, 0.2) is 9.84 Å². The van der Waals surface area contributed by atoms with E-state index in [0.29, 0.717) is 16.9 Å². The van der Waals surface area contributed by atoms with Crippen LogP contribution in [0.1, 0.15) is 15.9 Å². The minimum absolute atomic E-state index is 0.0532. The molecule has 138 valence electrons. The quantitative estimate of drug-likeness (QED) is 0.294. The fourth-order valence-corrected chi connectivity index (χ4v) is 3.72. The molecular formula is C21H17IO4S. The van der Waals surface area contributed by atoms with Crippen LogP contribution >= 0.6 is 22.6 Å². The number of halogens is 1. The maximum absolute atomic E-state index is 12.3. The highest BCUT2D eigenvalue weighted by Gasteiger charge is 2.10. The van der Waals surface area contributed by atoms with E-state index in [1.807, 2.05) is 36.4 Å². The SMILES string of the molecule is CS(=O)(=O)Cc1ccc(C(=O)Oc2ccc(-c3ccc(I)cc3)cc2)cc1. The van der Waals surface area contributed by atoms with Gasteiger partial charge in [-0.15, -0.1) is 0 Å². The number of ether oxygens (including phenoxy) is 1. The molecule has 4 nitrogen and oxygen atoms in total. The standard InChI is InChI=1S/C21H17IO4S/c1-27(24,25)14-15-2-4-18(5-3-15)21(23)26-20-12-8-17(9-13-20)16-6-10-19(22)11-7-16/h2-13H,14H2,1H3. The lowest BCUT2D eigenvalue weighted by atomic mass is 10.1. The molecule has 3 rings (SSSR count). The lowest BCUT2D eigenvalue weighted by Crippen LogP contribution is -2.09. The summed E-state index contributed by atoms with van der Waals surface area (Å²) in [6.45, 7) is 0. The minimum atomic E-state index is -3.10. The number of carbonyl (C=O) groups excluding carboxylic acids is 1. The van der Waals surface area contributed by atoms with Crippen molar-refractivity contribution in [1.29, 1.82) is 0 Å². The van der Waals surface area contributed by atoms with Crippen LogP contribution < -0.4 is 4.74 Å². The minimum Gasteiger partial charge on any atom is -0.423 e. The van der Waals surface area contributed by atoms with Crippen LogP contribution in [-0.2, 0) is 15.6 Å². The van der Waals surface area contributed by atoms with Gasteiger partial charge in [-0.25, -0.2) is 13.2 Å². The van der Waals surface area contributed by atoms with Gasteiger partial charge in [-0.1, -0.05) is 36.4 Å². The Bertz CT molecular complexity index is 1040. The van der Waals surface area contributed by atoms with Gasteiger partial charge < -0.3 is 4.74 Å². The summed E-state index contributed by atoms with van der Waals surface area (Å²) in [6.07, 6.45) is 1.18. The molecule has 3 aromatic rings. The average molecular weight is 492 g/mol. The molecule has 27 heavy (non-hydrogen) atoms. The first-order valence-electron chi connectivity index (χ1n) is 8.15. The molecule has 0 spiro atoms. The molecule has 3 aromatic carbocycles. The summed E-state index contributed by atoms with van der Waals surface area (Å²) >= 11 is 2.26. The second kappa shape index (κ2) is 8.22. The zero-order valence-corrected chi connectivity index (χ0v) is 17.5. The highest BCUT2D eigenvalue weighted by Crippen LogP contribution is 2.23. The zero-order chi connectivity index (χ0) is 19.4. The molecule has 0 aliphatic heterocycles. The van der Waals surface area contributed by atoms with Crippen LogP contribution in [0.3, 0.4) is 0 Å². The Hall–Kier alpha value is -2.19. The van der Waals surface area contributed by atoms with E-state index in [0.717, 1.165) is 11.1 Å². The number of hydrogen-bond acceptors (Lipinski definition) is 4. The van der Waals surface area contributed by atoms with Crippen molar-refractivity contribution in [2.45, 2.75) is 5.75 Å². The van der Waals surface area contributed by atoms with E-state index in [1.54, 1.807) is 36.4 Å². The smallest absolute Gasteiger partial charge is 0.343 e. The summed E-state index contributed by atoms with van der Waals surface area (Å²) < 4.78 is 29.2. The molecule has 0 saturated heterocycles. The Morgan fingerprint density at radius 2 is 1.37 bits per heavy atom. The van der Waals surface area contributed by atoms with Gasteiger partial charge in [-0.2, -0.15) is 0 Å². The van der Waals surface area contributed by atoms with Crippen LogP contribution in [0.5, 0.6) is 5.75 Å². The molecule has 0 saturated carbocycles. The number of esters is 1. The molecule has 0 N–H and O–H groups in total. The Balaban J connectivity index is 1.68. The largest absolute Gasteiger partial charge is 0.423 e. The predicted octanol–water partition coefficient (Wildman–Crippen LogP) is 4.72. The van der Waals surface area contributed by atoms with Gasteiger partial charge in [-0.3, -0.25) is 0 Å². The van der Waals surface area contributed by atoms with E-state index in [-0.39, 0.29) is 5.75 Å². The topological polar surface area (TPSA) is 60.4 Å². The summed E-state index contributed by atoms with van der Waals surface area (Å²) in [5.41, 5.74) is 3.14. The fourth-order valence-electron chi connectivity index (χ4n) is 2.56.